The smallest absolute Gasteiger partial charge is 0.421 e. The summed E-state index contributed by atoms with van der Waals surface area (Å²) in [5.41, 5.74) is 1.38. The Labute approximate surface area is 243 Å². The number of hydrogen-bond acceptors (Lipinski definition) is 6. The molecule has 1 atom stereocenters. The Balaban J connectivity index is 1.46. The van der Waals surface area contributed by atoms with Crippen molar-refractivity contribution in [3.05, 3.63) is 81.3 Å². The van der Waals surface area contributed by atoms with Gasteiger partial charge in [0, 0.05) is 24.2 Å². The van der Waals surface area contributed by atoms with E-state index in [0.29, 0.717) is 51.7 Å². The van der Waals surface area contributed by atoms with E-state index in [1.54, 1.807) is 35.9 Å². The fourth-order valence-electron chi connectivity index (χ4n) is 5.04. The average Bonchev–Trinajstić information content (AvgIpc) is 3.26. The van der Waals surface area contributed by atoms with Crippen LogP contribution in [0.25, 0.3) is 11.0 Å². The first kappa shape index (κ1) is 29.6. The monoisotopic (exact) mass is 606 g/mol. The van der Waals surface area contributed by atoms with E-state index in [2.05, 4.69) is 9.97 Å². The van der Waals surface area contributed by atoms with Crippen LogP contribution in [0.15, 0.2) is 42.5 Å². The summed E-state index contributed by atoms with van der Waals surface area (Å²) in [6.07, 6.45) is -4.35. The van der Waals surface area contributed by atoms with Crippen molar-refractivity contribution < 1.29 is 36.9 Å². The number of carboxylic acid groups (broad SMARTS) is 1. The van der Waals surface area contributed by atoms with Gasteiger partial charge in [-0.3, -0.25) is 4.90 Å². The predicted octanol–water partition coefficient (Wildman–Crippen LogP) is 6.39. The van der Waals surface area contributed by atoms with Gasteiger partial charge in [0.1, 0.15) is 42.5 Å². The van der Waals surface area contributed by atoms with Crippen molar-refractivity contribution in [1.29, 1.82) is 0 Å². The van der Waals surface area contributed by atoms with Crippen LogP contribution in [-0.4, -0.2) is 50.3 Å². The molecule has 1 aliphatic rings. The first-order valence-electron chi connectivity index (χ1n) is 13.1. The standard InChI is InChI=1S/C29H27ClF4N4O4/c1-16-25-17(11-20(29(32,33)34)27(36-25)42-15-18-5-3-4-6-21(18)30)7-9-38(16)14-24-35-26-22(37(24)2)12-19(28(39)40)13-23(26)41-10-8-31/h3-6,11-13,16H,7-10,14-15H2,1-2H3,(H,39,40)/t16-/m0/s1. The number of benzene rings is 2. The van der Waals surface area contributed by atoms with Gasteiger partial charge in [0.2, 0.25) is 5.88 Å². The number of rotatable bonds is 9. The number of ether oxygens (including phenoxy) is 2. The first-order valence-corrected chi connectivity index (χ1v) is 13.5. The highest BCUT2D eigenvalue weighted by Gasteiger charge is 2.38. The number of fused-ring (bicyclic) bond motifs is 2. The largest absolute Gasteiger partial charge is 0.488 e. The molecule has 0 bridgehead atoms. The Morgan fingerprint density at radius 3 is 2.62 bits per heavy atom. The zero-order valence-electron chi connectivity index (χ0n) is 22.7. The highest BCUT2D eigenvalue weighted by atomic mass is 35.5. The number of aryl methyl sites for hydroxylation is 1. The van der Waals surface area contributed by atoms with Crippen LogP contribution in [0, 0.1) is 0 Å². The third-order valence-corrected chi connectivity index (χ3v) is 7.68. The maximum absolute atomic E-state index is 14.0. The summed E-state index contributed by atoms with van der Waals surface area (Å²) in [6.45, 7) is 1.37. The van der Waals surface area contributed by atoms with E-state index in [1.165, 1.54) is 12.1 Å². The summed E-state index contributed by atoms with van der Waals surface area (Å²) in [5, 5.41) is 9.90. The van der Waals surface area contributed by atoms with Gasteiger partial charge in [-0.25, -0.2) is 19.2 Å². The Hall–Kier alpha value is -3.90. The lowest BCUT2D eigenvalue weighted by Gasteiger charge is -2.34. The minimum atomic E-state index is -4.66. The molecule has 0 saturated carbocycles. The summed E-state index contributed by atoms with van der Waals surface area (Å²) in [7, 11) is 1.73. The summed E-state index contributed by atoms with van der Waals surface area (Å²) >= 11 is 6.16. The predicted molar refractivity (Wildman–Crippen MR) is 147 cm³/mol. The van der Waals surface area contributed by atoms with Crippen LogP contribution in [0.5, 0.6) is 11.6 Å². The van der Waals surface area contributed by atoms with E-state index >= 15 is 0 Å². The highest BCUT2D eigenvalue weighted by Crippen LogP contribution is 2.40. The molecule has 1 N–H and O–H groups in total. The fourth-order valence-corrected chi connectivity index (χ4v) is 5.23. The lowest BCUT2D eigenvalue weighted by atomic mass is 9.97. The van der Waals surface area contributed by atoms with E-state index in [-0.39, 0.29) is 31.1 Å². The molecule has 0 radical (unpaired) electrons. The SMILES string of the molecule is C[C@H]1c2nc(OCc3ccccc3Cl)c(C(F)(F)F)cc2CCN1Cc1nc2c(OCCF)cc(C(=O)O)cc2n1C. The Morgan fingerprint density at radius 2 is 1.93 bits per heavy atom. The van der Waals surface area contributed by atoms with Crippen molar-refractivity contribution in [3.63, 3.8) is 0 Å². The van der Waals surface area contributed by atoms with Crippen LogP contribution in [0.1, 0.15) is 51.5 Å². The van der Waals surface area contributed by atoms with E-state index in [0.717, 1.165) is 6.07 Å². The number of carbonyl (C=O) groups is 1. The third-order valence-electron chi connectivity index (χ3n) is 7.31. The third kappa shape index (κ3) is 5.86. The number of aromatic carboxylic acids is 1. The molecule has 0 fully saturated rings. The molecule has 0 aliphatic carbocycles. The molecule has 5 rings (SSSR count). The van der Waals surface area contributed by atoms with Crippen LogP contribution in [-0.2, 0) is 32.8 Å². The van der Waals surface area contributed by atoms with Gasteiger partial charge in [0.15, 0.2) is 0 Å². The van der Waals surface area contributed by atoms with Gasteiger partial charge < -0.3 is 19.1 Å². The van der Waals surface area contributed by atoms with E-state index in [1.807, 2.05) is 11.8 Å². The van der Waals surface area contributed by atoms with Crippen LogP contribution in [0.2, 0.25) is 5.02 Å². The van der Waals surface area contributed by atoms with Crippen LogP contribution in [0.4, 0.5) is 17.6 Å². The van der Waals surface area contributed by atoms with Crippen molar-refractivity contribution in [2.45, 2.75) is 38.7 Å². The van der Waals surface area contributed by atoms with Gasteiger partial charge in [-0.05, 0) is 43.2 Å². The number of carboxylic acids is 1. The van der Waals surface area contributed by atoms with Gasteiger partial charge >= 0.3 is 12.1 Å². The Morgan fingerprint density at radius 1 is 1.17 bits per heavy atom. The topological polar surface area (TPSA) is 89.7 Å². The van der Waals surface area contributed by atoms with Crippen LogP contribution >= 0.6 is 11.6 Å². The second-order valence-electron chi connectivity index (χ2n) is 9.93. The van der Waals surface area contributed by atoms with Crippen LogP contribution in [0.3, 0.4) is 0 Å². The lowest BCUT2D eigenvalue weighted by Crippen LogP contribution is -2.35. The number of hydrogen-bond donors (Lipinski definition) is 1. The number of aromatic nitrogens is 3. The molecule has 8 nitrogen and oxygen atoms in total. The van der Waals surface area contributed by atoms with Crippen LogP contribution < -0.4 is 9.47 Å². The summed E-state index contributed by atoms with van der Waals surface area (Å²) in [4.78, 5) is 22.7. The fraction of sp³-hybridized carbons (Fsp3) is 0.345. The molecule has 0 saturated heterocycles. The molecule has 0 spiro atoms. The molecule has 0 amide bonds. The van der Waals surface area contributed by atoms with Crippen molar-refractivity contribution >= 4 is 28.6 Å². The summed E-state index contributed by atoms with van der Waals surface area (Å²) < 4.78 is 67.5. The molecule has 222 valence electrons. The quantitative estimate of drug-likeness (QED) is 0.221. The van der Waals surface area contributed by atoms with E-state index in [9.17, 15) is 27.5 Å². The molecule has 2 aromatic carbocycles. The number of halogens is 5. The van der Waals surface area contributed by atoms with Gasteiger partial charge in [-0.15, -0.1) is 0 Å². The molecule has 0 unspecified atom stereocenters. The summed E-state index contributed by atoms with van der Waals surface area (Å²) in [5.74, 6) is -0.963. The maximum atomic E-state index is 14.0. The lowest BCUT2D eigenvalue weighted by molar-refractivity contribution is -0.139. The van der Waals surface area contributed by atoms with Crippen molar-refractivity contribution in [2.75, 3.05) is 19.8 Å². The first-order chi connectivity index (χ1) is 20.0. The maximum Gasteiger partial charge on any atom is 0.421 e. The van der Waals surface area contributed by atoms with Gasteiger partial charge in [-0.2, -0.15) is 13.2 Å². The molecular weight excluding hydrogens is 580 g/mol. The van der Waals surface area contributed by atoms with Gasteiger partial charge in [0.25, 0.3) is 0 Å². The molecule has 4 aromatic rings. The zero-order valence-corrected chi connectivity index (χ0v) is 23.5. The molecular formula is C29H27ClF4N4O4. The number of pyridine rings is 1. The second kappa shape index (κ2) is 11.8. The molecule has 1 aliphatic heterocycles. The molecule has 42 heavy (non-hydrogen) atoms. The molecule has 13 heteroatoms. The number of nitrogens with zero attached hydrogens (tertiary/aromatic N) is 4. The number of imidazole rings is 1. The van der Waals surface area contributed by atoms with E-state index in [4.69, 9.17) is 21.1 Å². The summed E-state index contributed by atoms with van der Waals surface area (Å²) in [6, 6.07) is 10.2. The zero-order chi connectivity index (χ0) is 30.2. The minimum Gasteiger partial charge on any atom is -0.488 e. The normalized spacial score (nSPS) is 15.5. The van der Waals surface area contributed by atoms with Crippen molar-refractivity contribution in [3.8, 4) is 11.6 Å². The Kier molecular flexibility index (Phi) is 8.29. The number of alkyl halides is 4. The van der Waals surface area contributed by atoms with Gasteiger partial charge in [0.05, 0.1) is 29.4 Å². The Bertz CT molecular complexity index is 1640. The molecule has 2 aromatic heterocycles. The van der Waals surface area contributed by atoms with Gasteiger partial charge in [-0.1, -0.05) is 29.8 Å². The molecule has 3 heterocycles. The van der Waals surface area contributed by atoms with Crippen molar-refractivity contribution in [2.24, 2.45) is 7.05 Å². The van der Waals surface area contributed by atoms with E-state index < -0.39 is 36.3 Å². The average molecular weight is 607 g/mol. The van der Waals surface area contributed by atoms with Crippen molar-refractivity contribution in [1.82, 2.24) is 19.4 Å². The second-order valence-corrected chi connectivity index (χ2v) is 10.3. The minimum absolute atomic E-state index is 0.0276. The highest BCUT2D eigenvalue weighted by molar-refractivity contribution is 6.31.